The lowest BCUT2D eigenvalue weighted by atomic mass is 9.98. The molecule has 2 aliphatic carbocycles. The number of halogens is 1. The highest BCUT2D eigenvalue weighted by molar-refractivity contribution is 5.85. The second-order valence-corrected chi connectivity index (χ2v) is 5.91. The first-order valence-electron chi connectivity index (χ1n) is 7.93. The van der Waals surface area contributed by atoms with Gasteiger partial charge in [-0.1, -0.05) is 19.3 Å². The SMILES string of the molecule is Cl.O=C(CNCC1CC1)NCCCOC1CCCCC1. The molecule has 20 heavy (non-hydrogen) atoms. The lowest BCUT2D eigenvalue weighted by Gasteiger charge is -2.21. The average Bonchev–Trinajstić information content (AvgIpc) is 3.24. The quantitative estimate of drug-likeness (QED) is 0.643. The number of ether oxygens (including phenoxy) is 1. The minimum absolute atomic E-state index is 0. The number of nitrogens with one attached hydrogen (secondary N) is 2. The predicted molar refractivity (Wildman–Crippen MR) is 83.3 cm³/mol. The van der Waals surface area contributed by atoms with Gasteiger partial charge in [0.15, 0.2) is 0 Å². The lowest BCUT2D eigenvalue weighted by molar-refractivity contribution is -0.120. The molecule has 2 aliphatic rings. The van der Waals surface area contributed by atoms with E-state index in [1.807, 2.05) is 0 Å². The van der Waals surface area contributed by atoms with Crippen LogP contribution in [0, 0.1) is 5.92 Å². The fourth-order valence-corrected chi connectivity index (χ4v) is 2.56. The third-order valence-corrected chi connectivity index (χ3v) is 3.96. The van der Waals surface area contributed by atoms with E-state index in [2.05, 4.69) is 10.6 Å². The summed E-state index contributed by atoms with van der Waals surface area (Å²) in [7, 11) is 0. The van der Waals surface area contributed by atoms with Gasteiger partial charge < -0.3 is 15.4 Å². The van der Waals surface area contributed by atoms with Gasteiger partial charge in [-0.2, -0.15) is 0 Å². The smallest absolute Gasteiger partial charge is 0.233 e. The summed E-state index contributed by atoms with van der Waals surface area (Å²) in [6, 6.07) is 0. The molecule has 0 saturated heterocycles. The topological polar surface area (TPSA) is 50.4 Å². The van der Waals surface area contributed by atoms with Gasteiger partial charge in [-0.05, 0) is 44.6 Å². The van der Waals surface area contributed by atoms with Gasteiger partial charge in [-0.3, -0.25) is 4.79 Å². The first-order valence-corrected chi connectivity index (χ1v) is 7.93. The summed E-state index contributed by atoms with van der Waals surface area (Å²) >= 11 is 0. The van der Waals surface area contributed by atoms with Crippen molar-refractivity contribution in [1.29, 1.82) is 0 Å². The number of amides is 1. The molecular weight excluding hydrogens is 276 g/mol. The minimum Gasteiger partial charge on any atom is -0.378 e. The van der Waals surface area contributed by atoms with Crippen molar-refractivity contribution in [2.24, 2.45) is 5.92 Å². The van der Waals surface area contributed by atoms with E-state index >= 15 is 0 Å². The van der Waals surface area contributed by atoms with Crippen molar-refractivity contribution in [3.05, 3.63) is 0 Å². The van der Waals surface area contributed by atoms with Crippen LogP contribution in [0.3, 0.4) is 0 Å². The maximum absolute atomic E-state index is 11.5. The van der Waals surface area contributed by atoms with Crippen molar-refractivity contribution in [3.8, 4) is 0 Å². The molecule has 2 fully saturated rings. The highest BCUT2D eigenvalue weighted by Gasteiger charge is 2.20. The molecule has 1 amide bonds. The third kappa shape index (κ3) is 8.08. The lowest BCUT2D eigenvalue weighted by Crippen LogP contribution is -2.35. The zero-order chi connectivity index (χ0) is 13.3. The van der Waals surface area contributed by atoms with E-state index in [1.165, 1.54) is 44.9 Å². The molecule has 0 bridgehead atoms. The molecule has 5 heteroatoms. The number of rotatable bonds is 9. The Morgan fingerprint density at radius 3 is 2.55 bits per heavy atom. The Bertz CT molecular complexity index is 267. The monoisotopic (exact) mass is 304 g/mol. The maximum atomic E-state index is 11.5. The summed E-state index contributed by atoms with van der Waals surface area (Å²) in [6.45, 7) is 2.97. The van der Waals surface area contributed by atoms with Gasteiger partial charge >= 0.3 is 0 Å². The standard InChI is InChI=1S/C15H28N2O2.ClH/c18-15(12-16-11-13-7-8-13)17-9-4-10-19-14-5-2-1-3-6-14;/h13-14,16H,1-12H2,(H,17,18);1H. The number of carbonyl (C=O) groups is 1. The average molecular weight is 305 g/mol. The number of hydrogen-bond acceptors (Lipinski definition) is 3. The van der Waals surface area contributed by atoms with E-state index in [1.54, 1.807) is 0 Å². The van der Waals surface area contributed by atoms with E-state index in [-0.39, 0.29) is 18.3 Å². The van der Waals surface area contributed by atoms with E-state index in [4.69, 9.17) is 4.74 Å². The van der Waals surface area contributed by atoms with Crippen molar-refractivity contribution >= 4 is 18.3 Å². The molecule has 4 nitrogen and oxygen atoms in total. The number of carbonyl (C=O) groups excluding carboxylic acids is 1. The molecule has 0 heterocycles. The van der Waals surface area contributed by atoms with Crippen molar-refractivity contribution in [3.63, 3.8) is 0 Å². The summed E-state index contributed by atoms with van der Waals surface area (Å²) in [5, 5.41) is 6.13. The van der Waals surface area contributed by atoms with Gasteiger partial charge in [0.25, 0.3) is 0 Å². The first-order chi connectivity index (χ1) is 9.34. The highest BCUT2D eigenvalue weighted by Crippen LogP contribution is 2.27. The normalized spacial score (nSPS) is 19.4. The van der Waals surface area contributed by atoms with Crippen LogP contribution in [0.15, 0.2) is 0 Å². The molecule has 2 saturated carbocycles. The Morgan fingerprint density at radius 2 is 1.85 bits per heavy atom. The molecule has 0 radical (unpaired) electrons. The van der Waals surface area contributed by atoms with Gasteiger partial charge in [-0.25, -0.2) is 0 Å². The second kappa shape index (κ2) is 10.4. The molecule has 118 valence electrons. The molecule has 2 N–H and O–H groups in total. The van der Waals surface area contributed by atoms with Gasteiger partial charge in [0.2, 0.25) is 5.91 Å². The van der Waals surface area contributed by atoms with Crippen molar-refractivity contribution in [2.75, 3.05) is 26.2 Å². The largest absolute Gasteiger partial charge is 0.378 e. The predicted octanol–water partition coefficient (Wildman–Crippen LogP) is 2.26. The van der Waals surface area contributed by atoms with Crippen LogP contribution in [-0.2, 0) is 9.53 Å². The van der Waals surface area contributed by atoms with Gasteiger partial charge in [0.1, 0.15) is 0 Å². The van der Waals surface area contributed by atoms with E-state index in [0.717, 1.165) is 32.0 Å². The summed E-state index contributed by atoms with van der Waals surface area (Å²) < 4.78 is 5.82. The molecule has 0 atom stereocenters. The highest BCUT2D eigenvalue weighted by atomic mass is 35.5. The summed E-state index contributed by atoms with van der Waals surface area (Å²) in [6.07, 6.45) is 10.5. The van der Waals surface area contributed by atoms with E-state index < -0.39 is 0 Å². The summed E-state index contributed by atoms with van der Waals surface area (Å²) in [4.78, 5) is 11.5. The molecule has 2 rings (SSSR count). The van der Waals surface area contributed by atoms with Crippen LogP contribution in [0.1, 0.15) is 51.4 Å². The second-order valence-electron chi connectivity index (χ2n) is 5.91. The Hall–Kier alpha value is -0.320. The van der Waals surface area contributed by atoms with Crippen LogP contribution in [0.2, 0.25) is 0 Å². The maximum Gasteiger partial charge on any atom is 0.233 e. The minimum atomic E-state index is 0. The molecule has 0 aromatic carbocycles. The van der Waals surface area contributed by atoms with Crippen LogP contribution in [0.5, 0.6) is 0 Å². The third-order valence-electron chi connectivity index (χ3n) is 3.96. The van der Waals surface area contributed by atoms with Crippen LogP contribution in [-0.4, -0.2) is 38.3 Å². The van der Waals surface area contributed by atoms with Gasteiger partial charge in [0.05, 0.1) is 12.6 Å². The zero-order valence-electron chi connectivity index (χ0n) is 12.4. The van der Waals surface area contributed by atoms with Crippen molar-refractivity contribution in [2.45, 2.75) is 57.5 Å². The molecular formula is C15H29ClN2O2. The fourth-order valence-electron chi connectivity index (χ4n) is 2.56. The van der Waals surface area contributed by atoms with Gasteiger partial charge in [0, 0.05) is 13.2 Å². The summed E-state index contributed by atoms with van der Waals surface area (Å²) in [5.74, 6) is 0.940. The first kappa shape index (κ1) is 17.7. The van der Waals surface area contributed by atoms with E-state index in [0.29, 0.717) is 12.6 Å². The van der Waals surface area contributed by atoms with Crippen LogP contribution >= 0.6 is 12.4 Å². The fraction of sp³-hybridized carbons (Fsp3) is 0.933. The van der Waals surface area contributed by atoms with Gasteiger partial charge in [-0.15, -0.1) is 12.4 Å². The Kier molecular flexibility index (Phi) is 9.23. The van der Waals surface area contributed by atoms with Crippen molar-refractivity contribution < 1.29 is 9.53 Å². The summed E-state index contributed by atoms with van der Waals surface area (Å²) in [5.41, 5.74) is 0. The molecule has 0 aliphatic heterocycles. The molecule has 0 aromatic rings. The van der Waals surface area contributed by atoms with Crippen LogP contribution in [0.4, 0.5) is 0 Å². The molecule has 0 aromatic heterocycles. The molecule has 0 unspecified atom stereocenters. The Morgan fingerprint density at radius 1 is 1.10 bits per heavy atom. The van der Waals surface area contributed by atoms with Crippen LogP contribution < -0.4 is 10.6 Å². The van der Waals surface area contributed by atoms with Crippen LogP contribution in [0.25, 0.3) is 0 Å². The van der Waals surface area contributed by atoms with Crippen molar-refractivity contribution in [1.82, 2.24) is 10.6 Å². The number of hydrogen-bond donors (Lipinski definition) is 2. The molecule has 0 spiro atoms. The zero-order valence-corrected chi connectivity index (χ0v) is 13.2. The Labute approximate surface area is 128 Å². The van der Waals surface area contributed by atoms with E-state index in [9.17, 15) is 4.79 Å². The Balaban J connectivity index is 0.00000200.